The lowest BCUT2D eigenvalue weighted by molar-refractivity contribution is 0.483. The van der Waals surface area contributed by atoms with Crippen LogP contribution in [0.3, 0.4) is 0 Å². The van der Waals surface area contributed by atoms with Crippen molar-refractivity contribution in [3.05, 3.63) is 151 Å². The number of nitrogens with zero attached hydrogens (tertiary/aromatic N) is 5. The SMILES string of the molecule is CC(C)(C)c1ccnc(-c2cccc(Oc3cc(-c4ccccc4)cc(N4Cn5nc(-c6ccccc6)nc5-c5ccccc54)c3)c2)c1. The fraction of sp³-hybridized carbons (Fsp3) is 0.119. The van der Waals surface area contributed by atoms with Crippen molar-refractivity contribution in [1.82, 2.24) is 19.7 Å². The van der Waals surface area contributed by atoms with Gasteiger partial charge in [-0.15, -0.1) is 5.10 Å². The van der Waals surface area contributed by atoms with Crippen molar-refractivity contribution < 1.29 is 4.74 Å². The second kappa shape index (κ2) is 12.0. The van der Waals surface area contributed by atoms with Gasteiger partial charge in [0.05, 0.1) is 11.4 Å². The first-order valence-corrected chi connectivity index (χ1v) is 16.2. The summed E-state index contributed by atoms with van der Waals surface area (Å²) >= 11 is 0. The number of hydrogen-bond acceptors (Lipinski definition) is 5. The quantitative estimate of drug-likeness (QED) is 0.184. The molecule has 0 aliphatic carbocycles. The molecule has 0 amide bonds. The second-order valence-electron chi connectivity index (χ2n) is 13.1. The molecule has 0 saturated heterocycles. The number of hydrogen-bond donors (Lipinski definition) is 0. The Morgan fingerprint density at radius 1 is 0.625 bits per heavy atom. The van der Waals surface area contributed by atoms with Crippen LogP contribution in [0.5, 0.6) is 11.5 Å². The van der Waals surface area contributed by atoms with Crippen LogP contribution in [0.4, 0.5) is 11.4 Å². The highest BCUT2D eigenvalue weighted by Gasteiger charge is 2.27. The third-order valence-corrected chi connectivity index (χ3v) is 8.72. The van der Waals surface area contributed by atoms with Gasteiger partial charge >= 0.3 is 0 Å². The summed E-state index contributed by atoms with van der Waals surface area (Å²) in [6.45, 7) is 7.16. The Balaban J connectivity index is 1.19. The molecule has 3 heterocycles. The van der Waals surface area contributed by atoms with E-state index in [2.05, 4.69) is 122 Å². The maximum Gasteiger partial charge on any atom is 0.181 e. The Labute approximate surface area is 281 Å². The first-order chi connectivity index (χ1) is 23.4. The number of para-hydroxylation sites is 1. The highest BCUT2D eigenvalue weighted by molar-refractivity contribution is 5.84. The fourth-order valence-electron chi connectivity index (χ4n) is 6.18. The van der Waals surface area contributed by atoms with Crippen LogP contribution in [0, 0.1) is 0 Å². The average molecular weight is 626 g/mol. The maximum absolute atomic E-state index is 6.66. The molecule has 6 heteroatoms. The van der Waals surface area contributed by atoms with E-state index < -0.39 is 0 Å². The van der Waals surface area contributed by atoms with E-state index >= 15 is 0 Å². The van der Waals surface area contributed by atoms with Crippen molar-refractivity contribution in [3.8, 4) is 56.7 Å². The van der Waals surface area contributed by atoms with Crippen molar-refractivity contribution in [3.63, 3.8) is 0 Å². The lowest BCUT2D eigenvalue weighted by atomic mass is 9.87. The van der Waals surface area contributed by atoms with Crippen LogP contribution in [0.2, 0.25) is 0 Å². The molecule has 234 valence electrons. The zero-order valence-electron chi connectivity index (χ0n) is 27.2. The van der Waals surface area contributed by atoms with Crippen LogP contribution < -0.4 is 9.64 Å². The summed E-state index contributed by atoms with van der Waals surface area (Å²) in [6, 6.07) is 47.8. The van der Waals surface area contributed by atoms with Crippen molar-refractivity contribution in [2.75, 3.05) is 4.90 Å². The minimum atomic E-state index is 0.0310. The molecule has 0 radical (unpaired) electrons. The standard InChI is InChI=1S/C42H35N5O/c1-42(2,3)33-21-22-43-38(26-33)31-17-12-18-35(24-31)48-36-25-32(29-13-6-4-7-14-29)23-34(27-36)46-28-47-41(37-19-10-11-20-39(37)46)44-40(45-47)30-15-8-5-9-16-30/h4-27H,28H2,1-3H3. The number of aromatic nitrogens is 4. The zero-order chi connectivity index (χ0) is 32.7. The molecular weight excluding hydrogens is 590 g/mol. The van der Waals surface area contributed by atoms with Gasteiger partial charge in [-0.3, -0.25) is 4.98 Å². The summed E-state index contributed by atoms with van der Waals surface area (Å²) in [7, 11) is 0. The highest BCUT2D eigenvalue weighted by atomic mass is 16.5. The predicted octanol–water partition coefficient (Wildman–Crippen LogP) is 10.5. The van der Waals surface area contributed by atoms with E-state index in [1.807, 2.05) is 59.4 Å². The zero-order valence-corrected chi connectivity index (χ0v) is 27.2. The molecule has 2 aromatic heterocycles. The Hall–Kier alpha value is -6.01. The summed E-state index contributed by atoms with van der Waals surface area (Å²) in [5.74, 6) is 3.06. The molecule has 8 rings (SSSR count). The molecular formula is C42H35N5O. The molecule has 48 heavy (non-hydrogen) atoms. The van der Waals surface area contributed by atoms with Gasteiger partial charge in [-0.1, -0.05) is 106 Å². The van der Waals surface area contributed by atoms with Gasteiger partial charge < -0.3 is 9.64 Å². The summed E-state index contributed by atoms with van der Waals surface area (Å²) in [5, 5.41) is 4.95. The first kappa shape index (κ1) is 29.4. The molecule has 7 aromatic rings. The number of pyridine rings is 1. The molecule has 0 N–H and O–H groups in total. The lowest BCUT2D eigenvalue weighted by Gasteiger charge is -2.31. The molecule has 1 aliphatic rings. The van der Waals surface area contributed by atoms with Crippen LogP contribution >= 0.6 is 0 Å². The van der Waals surface area contributed by atoms with Gasteiger partial charge in [0.15, 0.2) is 11.6 Å². The summed E-state index contributed by atoms with van der Waals surface area (Å²) in [4.78, 5) is 11.9. The van der Waals surface area contributed by atoms with E-state index in [9.17, 15) is 0 Å². The maximum atomic E-state index is 6.66. The van der Waals surface area contributed by atoms with Gasteiger partial charge in [0.2, 0.25) is 0 Å². The predicted molar refractivity (Wildman–Crippen MR) is 193 cm³/mol. The van der Waals surface area contributed by atoms with Crippen LogP contribution in [-0.4, -0.2) is 19.7 Å². The Kier molecular flexibility index (Phi) is 7.33. The Morgan fingerprint density at radius 2 is 1.33 bits per heavy atom. The van der Waals surface area contributed by atoms with Crippen LogP contribution in [-0.2, 0) is 12.1 Å². The molecule has 0 spiro atoms. The Bertz CT molecular complexity index is 2240. The van der Waals surface area contributed by atoms with Crippen molar-refractivity contribution in [1.29, 1.82) is 0 Å². The van der Waals surface area contributed by atoms with Gasteiger partial charge in [-0.2, -0.15) is 0 Å². The highest BCUT2D eigenvalue weighted by Crippen LogP contribution is 2.42. The number of benzene rings is 5. The summed E-state index contributed by atoms with van der Waals surface area (Å²) in [5.41, 5.74) is 9.47. The fourth-order valence-corrected chi connectivity index (χ4v) is 6.18. The van der Waals surface area contributed by atoms with E-state index in [1.54, 1.807) is 0 Å². The van der Waals surface area contributed by atoms with Gasteiger partial charge in [0.1, 0.15) is 18.2 Å². The smallest absolute Gasteiger partial charge is 0.181 e. The number of anilines is 2. The second-order valence-corrected chi connectivity index (χ2v) is 13.1. The van der Waals surface area contributed by atoms with Crippen molar-refractivity contribution >= 4 is 11.4 Å². The topological polar surface area (TPSA) is 56.1 Å². The summed E-state index contributed by atoms with van der Waals surface area (Å²) < 4.78 is 8.65. The molecule has 1 aliphatic heterocycles. The van der Waals surface area contributed by atoms with Gasteiger partial charge in [-0.05, 0) is 70.6 Å². The third-order valence-electron chi connectivity index (χ3n) is 8.72. The monoisotopic (exact) mass is 625 g/mol. The third kappa shape index (κ3) is 5.73. The molecule has 5 aromatic carbocycles. The van der Waals surface area contributed by atoms with Gasteiger partial charge in [-0.25, -0.2) is 9.67 Å². The van der Waals surface area contributed by atoms with E-state index in [0.717, 1.165) is 62.2 Å². The Morgan fingerprint density at radius 3 is 2.12 bits per heavy atom. The van der Waals surface area contributed by atoms with Crippen molar-refractivity contribution in [2.45, 2.75) is 32.9 Å². The van der Waals surface area contributed by atoms with Gasteiger partial charge in [0, 0.05) is 34.6 Å². The van der Waals surface area contributed by atoms with Gasteiger partial charge in [0.25, 0.3) is 0 Å². The van der Waals surface area contributed by atoms with Crippen LogP contribution in [0.25, 0.3) is 45.2 Å². The largest absolute Gasteiger partial charge is 0.457 e. The van der Waals surface area contributed by atoms with Crippen LogP contribution in [0.15, 0.2) is 146 Å². The minimum Gasteiger partial charge on any atom is -0.457 e. The van der Waals surface area contributed by atoms with E-state index in [-0.39, 0.29) is 5.41 Å². The van der Waals surface area contributed by atoms with E-state index in [4.69, 9.17) is 14.8 Å². The molecule has 0 bridgehead atoms. The average Bonchev–Trinajstić information content (AvgIpc) is 3.57. The summed E-state index contributed by atoms with van der Waals surface area (Å²) in [6.07, 6.45) is 1.89. The van der Waals surface area contributed by atoms with E-state index in [1.165, 1.54) is 5.56 Å². The minimum absolute atomic E-state index is 0.0310. The lowest BCUT2D eigenvalue weighted by Crippen LogP contribution is -2.27. The first-order valence-electron chi connectivity index (χ1n) is 16.2. The molecule has 0 atom stereocenters. The molecule has 0 fully saturated rings. The number of fused-ring (bicyclic) bond motifs is 3. The molecule has 0 saturated carbocycles. The van der Waals surface area contributed by atoms with Crippen molar-refractivity contribution in [2.24, 2.45) is 0 Å². The number of rotatable bonds is 6. The van der Waals surface area contributed by atoms with Crippen LogP contribution in [0.1, 0.15) is 26.3 Å². The number of ether oxygens (including phenoxy) is 1. The molecule has 6 nitrogen and oxygen atoms in total. The van der Waals surface area contributed by atoms with E-state index in [0.29, 0.717) is 12.5 Å². The normalized spacial score (nSPS) is 12.4. The molecule has 0 unspecified atom stereocenters.